The van der Waals surface area contributed by atoms with Crippen molar-refractivity contribution in [3.63, 3.8) is 0 Å². The first-order chi connectivity index (χ1) is 14.2. The van der Waals surface area contributed by atoms with Crippen molar-refractivity contribution in [1.29, 1.82) is 5.26 Å². The van der Waals surface area contributed by atoms with Crippen molar-refractivity contribution in [3.05, 3.63) is 90.5 Å². The maximum atomic E-state index is 8.82. The van der Waals surface area contributed by atoms with Gasteiger partial charge in [-0.25, -0.2) is 0 Å². The first-order valence-corrected chi connectivity index (χ1v) is 8.94. The molecule has 6 heteroatoms. The quantitative estimate of drug-likeness (QED) is 0.303. The Labute approximate surface area is 167 Å². The Morgan fingerprint density at radius 3 is 1.69 bits per heavy atom. The van der Waals surface area contributed by atoms with Gasteiger partial charge < -0.3 is 5.73 Å². The second-order valence-electron chi connectivity index (χ2n) is 6.29. The van der Waals surface area contributed by atoms with E-state index in [1.807, 2.05) is 60.7 Å². The summed E-state index contributed by atoms with van der Waals surface area (Å²) in [6.07, 6.45) is 0. The molecule has 6 nitrogen and oxygen atoms in total. The third-order valence-electron chi connectivity index (χ3n) is 4.34. The number of nitriles is 1. The summed E-state index contributed by atoms with van der Waals surface area (Å²) in [5.41, 5.74) is 10.2. The van der Waals surface area contributed by atoms with Crippen molar-refractivity contribution in [2.75, 3.05) is 5.73 Å². The van der Waals surface area contributed by atoms with E-state index < -0.39 is 0 Å². The summed E-state index contributed by atoms with van der Waals surface area (Å²) in [5.74, 6) is 0. The number of nitrogens with two attached hydrogens (primary N) is 1. The van der Waals surface area contributed by atoms with E-state index in [0.717, 1.165) is 22.1 Å². The summed E-state index contributed by atoms with van der Waals surface area (Å²) in [6.45, 7) is 0. The van der Waals surface area contributed by atoms with E-state index in [1.165, 1.54) is 0 Å². The zero-order valence-electron chi connectivity index (χ0n) is 15.4. The summed E-state index contributed by atoms with van der Waals surface area (Å²) >= 11 is 0. The lowest BCUT2D eigenvalue weighted by Crippen LogP contribution is -1.86. The van der Waals surface area contributed by atoms with Gasteiger partial charge in [-0.15, -0.1) is 5.11 Å². The van der Waals surface area contributed by atoms with E-state index in [2.05, 4.69) is 26.5 Å². The molecule has 0 heterocycles. The van der Waals surface area contributed by atoms with Crippen molar-refractivity contribution < 1.29 is 0 Å². The van der Waals surface area contributed by atoms with Crippen LogP contribution in [-0.2, 0) is 0 Å². The van der Waals surface area contributed by atoms with Crippen LogP contribution in [-0.4, -0.2) is 0 Å². The van der Waals surface area contributed by atoms with Crippen LogP contribution in [0, 0.1) is 11.3 Å². The molecule has 29 heavy (non-hydrogen) atoms. The Morgan fingerprint density at radius 1 is 0.586 bits per heavy atom. The van der Waals surface area contributed by atoms with Crippen LogP contribution in [0.25, 0.3) is 10.8 Å². The second kappa shape index (κ2) is 8.11. The van der Waals surface area contributed by atoms with E-state index in [0.29, 0.717) is 22.6 Å². The SMILES string of the molecule is N#Cc1ccc(/N=N/c2ccc(/N=N/c3ccc(N)c4ccccc34)cc2)cc1. The van der Waals surface area contributed by atoms with Gasteiger partial charge in [0.05, 0.1) is 34.4 Å². The number of rotatable bonds is 4. The summed E-state index contributed by atoms with van der Waals surface area (Å²) in [6, 6.07) is 27.8. The minimum atomic E-state index is 0.590. The zero-order valence-corrected chi connectivity index (χ0v) is 15.4. The smallest absolute Gasteiger partial charge is 0.0991 e. The van der Waals surface area contributed by atoms with Gasteiger partial charge in [0.15, 0.2) is 0 Å². The zero-order chi connectivity index (χ0) is 20.1. The molecule has 138 valence electrons. The number of anilines is 1. The van der Waals surface area contributed by atoms with Gasteiger partial charge in [-0.1, -0.05) is 24.3 Å². The van der Waals surface area contributed by atoms with Gasteiger partial charge in [0.2, 0.25) is 0 Å². The van der Waals surface area contributed by atoms with Gasteiger partial charge in [-0.05, 0) is 60.7 Å². The summed E-state index contributed by atoms with van der Waals surface area (Å²) in [7, 11) is 0. The lowest BCUT2D eigenvalue weighted by Gasteiger charge is -2.04. The highest BCUT2D eigenvalue weighted by atomic mass is 15.1. The standard InChI is InChI=1S/C23H16N6/c24-15-16-5-7-17(8-6-16)26-27-18-9-11-19(12-10-18)28-29-23-14-13-22(25)20-3-1-2-4-21(20)23/h1-14H,25H2/b27-26+,29-28+. The minimum Gasteiger partial charge on any atom is -0.398 e. The fourth-order valence-corrected chi connectivity index (χ4v) is 2.81. The maximum absolute atomic E-state index is 8.82. The van der Waals surface area contributed by atoms with Crippen LogP contribution in [0.2, 0.25) is 0 Å². The van der Waals surface area contributed by atoms with Crippen molar-refractivity contribution in [1.82, 2.24) is 0 Å². The molecule has 0 unspecified atom stereocenters. The monoisotopic (exact) mass is 376 g/mol. The molecule has 0 fully saturated rings. The van der Waals surface area contributed by atoms with Crippen molar-refractivity contribution in [3.8, 4) is 6.07 Å². The van der Waals surface area contributed by atoms with E-state index in [9.17, 15) is 0 Å². The molecule has 4 aromatic rings. The Balaban J connectivity index is 1.50. The molecule has 0 saturated carbocycles. The molecule has 2 N–H and O–H groups in total. The first kappa shape index (κ1) is 18.0. The van der Waals surface area contributed by atoms with Crippen molar-refractivity contribution >= 4 is 39.2 Å². The lowest BCUT2D eigenvalue weighted by molar-refractivity contribution is 1.21. The van der Waals surface area contributed by atoms with Gasteiger partial charge in [-0.2, -0.15) is 20.6 Å². The molecule has 0 aromatic heterocycles. The molecule has 0 aliphatic carbocycles. The second-order valence-corrected chi connectivity index (χ2v) is 6.29. The number of azo groups is 2. The molecule has 0 atom stereocenters. The van der Waals surface area contributed by atoms with Gasteiger partial charge in [0.25, 0.3) is 0 Å². The number of hydrogen-bond acceptors (Lipinski definition) is 6. The van der Waals surface area contributed by atoms with Gasteiger partial charge in [0, 0.05) is 16.5 Å². The highest BCUT2D eigenvalue weighted by molar-refractivity contribution is 5.99. The average Bonchev–Trinajstić information content (AvgIpc) is 2.78. The molecule has 0 bridgehead atoms. The largest absolute Gasteiger partial charge is 0.398 e. The molecule has 0 saturated heterocycles. The lowest BCUT2D eigenvalue weighted by atomic mass is 10.1. The Bertz CT molecular complexity index is 1250. The highest BCUT2D eigenvalue weighted by Gasteiger charge is 2.02. The summed E-state index contributed by atoms with van der Waals surface area (Å²) in [5, 5.41) is 27.8. The van der Waals surface area contributed by atoms with Crippen LogP contribution in [0.15, 0.2) is 105 Å². The average molecular weight is 376 g/mol. The predicted molar refractivity (Wildman–Crippen MR) is 114 cm³/mol. The van der Waals surface area contributed by atoms with Gasteiger partial charge in [-0.3, -0.25) is 0 Å². The third-order valence-corrected chi connectivity index (χ3v) is 4.34. The Morgan fingerprint density at radius 2 is 1.10 bits per heavy atom. The van der Waals surface area contributed by atoms with Crippen LogP contribution < -0.4 is 5.73 Å². The molecule has 0 aliphatic heterocycles. The van der Waals surface area contributed by atoms with Crippen LogP contribution >= 0.6 is 0 Å². The van der Waals surface area contributed by atoms with E-state index in [4.69, 9.17) is 11.0 Å². The molecule has 4 rings (SSSR count). The van der Waals surface area contributed by atoms with E-state index >= 15 is 0 Å². The maximum Gasteiger partial charge on any atom is 0.0991 e. The first-order valence-electron chi connectivity index (χ1n) is 8.94. The topological polar surface area (TPSA) is 99.2 Å². The summed E-state index contributed by atoms with van der Waals surface area (Å²) < 4.78 is 0. The number of hydrogen-bond donors (Lipinski definition) is 1. The number of nitrogens with zero attached hydrogens (tertiary/aromatic N) is 5. The van der Waals surface area contributed by atoms with Crippen molar-refractivity contribution in [2.24, 2.45) is 20.5 Å². The van der Waals surface area contributed by atoms with Crippen LogP contribution in [0.1, 0.15) is 5.56 Å². The molecule has 0 aliphatic rings. The van der Waals surface area contributed by atoms with E-state index in [-0.39, 0.29) is 0 Å². The van der Waals surface area contributed by atoms with Gasteiger partial charge in [0.1, 0.15) is 0 Å². The molecule has 0 radical (unpaired) electrons. The predicted octanol–water partition coefficient (Wildman–Crippen LogP) is 7.12. The molecule has 4 aromatic carbocycles. The fraction of sp³-hybridized carbons (Fsp3) is 0. The number of benzene rings is 4. The molecule has 0 spiro atoms. The normalized spacial score (nSPS) is 11.3. The summed E-state index contributed by atoms with van der Waals surface area (Å²) in [4.78, 5) is 0. The van der Waals surface area contributed by atoms with Gasteiger partial charge >= 0.3 is 0 Å². The van der Waals surface area contributed by atoms with E-state index in [1.54, 1.807) is 24.3 Å². The van der Waals surface area contributed by atoms with Crippen LogP contribution in [0.3, 0.4) is 0 Å². The minimum absolute atomic E-state index is 0.590. The van der Waals surface area contributed by atoms with Crippen molar-refractivity contribution in [2.45, 2.75) is 0 Å². The molecular weight excluding hydrogens is 360 g/mol. The Kier molecular flexibility index (Phi) is 5.04. The Hall–Kier alpha value is -4.37. The van der Waals surface area contributed by atoms with Crippen LogP contribution in [0.5, 0.6) is 0 Å². The van der Waals surface area contributed by atoms with Crippen LogP contribution in [0.4, 0.5) is 28.4 Å². The fourth-order valence-electron chi connectivity index (χ4n) is 2.81. The highest BCUT2D eigenvalue weighted by Crippen LogP contribution is 2.31. The third kappa shape index (κ3) is 4.15. The molecular formula is C23H16N6. The number of nitrogen functional groups attached to an aromatic ring is 1. The molecule has 0 amide bonds. The number of fused-ring (bicyclic) bond motifs is 1.